The molecule has 2 aromatic heterocycles. The first-order valence-corrected chi connectivity index (χ1v) is 13.2. The highest BCUT2D eigenvalue weighted by atomic mass is 32.2. The molecular formula is C27H31N5O2S. The highest BCUT2D eigenvalue weighted by Crippen LogP contribution is 2.28. The number of morpholine rings is 1. The fraction of sp³-hybridized carbons (Fsp3) is 0.407. The Hall–Kier alpha value is -2.97. The van der Waals surface area contributed by atoms with Crippen molar-refractivity contribution in [3.05, 3.63) is 59.7 Å². The van der Waals surface area contributed by atoms with Crippen LogP contribution in [0.4, 0.5) is 0 Å². The molecule has 4 aromatic rings. The number of fused-ring (bicyclic) bond motifs is 3. The third-order valence-corrected chi connectivity index (χ3v) is 7.41. The van der Waals surface area contributed by atoms with E-state index in [1.165, 1.54) is 11.1 Å². The molecule has 1 aliphatic heterocycles. The summed E-state index contributed by atoms with van der Waals surface area (Å²) in [5.74, 6) is 0.965. The largest absolute Gasteiger partial charge is 0.372 e. The third kappa shape index (κ3) is 5.18. The monoisotopic (exact) mass is 489 g/mol. The molecule has 7 nitrogen and oxygen atoms in total. The van der Waals surface area contributed by atoms with E-state index in [1.54, 1.807) is 11.8 Å². The van der Waals surface area contributed by atoms with Crippen molar-refractivity contribution >= 4 is 39.7 Å². The van der Waals surface area contributed by atoms with Crippen molar-refractivity contribution in [2.75, 3.05) is 18.8 Å². The molecule has 182 valence electrons. The SMILES string of the molecule is Cc1ccccc1Cn1c2ccccc2c2nnc(SCCCC(=O)N3CC(C)OC(C)C3)nc21. The second kappa shape index (κ2) is 10.3. The van der Waals surface area contributed by atoms with E-state index in [-0.39, 0.29) is 18.1 Å². The van der Waals surface area contributed by atoms with Gasteiger partial charge >= 0.3 is 0 Å². The van der Waals surface area contributed by atoms with Crippen molar-refractivity contribution in [1.29, 1.82) is 0 Å². The number of para-hydroxylation sites is 1. The van der Waals surface area contributed by atoms with Gasteiger partial charge in [-0.25, -0.2) is 4.98 Å². The summed E-state index contributed by atoms with van der Waals surface area (Å²) in [6.07, 6.45) is 1.48. The van der Waals surface area contributed by atoms with Crippen LogP contribution < -0.4 is 0 Å². The minimum atomic E-state index is 0.0923. The van der Waals surface area contributed by atoms with Gasteiger partial charge in [0.2, 0.25) is 11.1 Å². The Labute approximate surface area is 209 Å². The Bertz CT molecular complexity index is 1340. The van der Waals surface area contributed by atoms with E-state index < -0.39 is 0 Å². The Morgan fingerprint density at radius 1 is 1.06 bits per heavy atom. The number of thioether (sulfide) groups is 1. The topological polar surface area (TPSA) is 73.1 Å². The average Bonchev–Trinajstić information content (AvgIpc) is 3.15. The van der Waals surface area contributed by atoms with Gasteiger partial charge in [-0.2, -0.15) is 0 Å². The van der Waals surface area contributed by atoms with Crippen LogP contribution in [0.5, 0.6) is 0 Å². The van der Waals surface area contributed by atoms with Crippen molar-refractivity contribution in [1.82, 2.24) is 24.6 Å². The van der Waals surface area contributed by atoms with Gasteiger partial charge < -0.3 is 14.2 Å². The molecule has 0 N–H and O–H groups in total. The molecule has 1 fully saturated rings. The Morgan fingerprint density at radius 3 is 2.60 bits per heavy atom. The number of nitrogens with zero attached hydrogens (tertiary/aromatic N) is 5. The lowest BCUT2D eigenvalue weighted by Crippen LogP contribution is -2.48. The van der Waals surface area contributed by atoms with E-state index in [4.69, 9.17) is 9.72 Å². The van der Waals surface area contributed by atoms with E-state index in [0.29, 0.717) is 24.7 Å². The van der Waals surface area contributed by atoms with Gasteiger partial charge in [-0.05, 0) is 44.4 Å². The number of amides is 1. The van der Waals surface area contributed by atoms with Crippen LogP contribution in [0.15, 0.2) is 53.7 Å². The normalized spacial score (nSPS) is 18.4. The summed E-state index contributed by atoms with van der Waals surface area (Å²) in [5.41, 5.74) is 5.29. The lowest BCUT2D eigenvalue weighted by Gasteiger charge is -2.35. The summed E-state index contributed by atoms with van der Waals surface area (Å²) in [6.45, 7) is 8.24. The zero-order valence-corrected chi connectivity index (χ0v) is 21.3. The Kier molecular flexibility index (Phi) is 7.02. The fourth-order valence-electron chi connectivity index (χ4n) is 4.79. The zero-order chi connectivity index (χ0) is 24.4. The molecule has 0 spiro atoms. The maximum atomic E-state index is 12.6. The molecule has 0 saturated carbocycles. The van der Waals surface area contributed by atoms with Gasteiger partial charge in [0.1, 0.15) is 5.52 Å². The van der Waals surface area contributed by atoms with Crippen LogP contribution in [-0.2, 0) is 16.1 Å². The number of hydrogen-bond acceptors (Lipinski definition) is 6. The highest BCUT2D eigenvalue weighted by molar-refractivity contribution is 7.99. The van der Waals surface area contributed by atoms with Crippen molar-refractivity contribution in [3.63, 3.8) is 0 Å². The molecule has 0 radical (unpaired) electrons. The lowest BCUT2D eigenvalue weighted by atomic mass is 10.1. The highest BCUT2D eigenvalue weighted by Gasteiger charge is 2.25. The van der Waals surface area contributed by atoms with Crippen molar-refractivity contribution in [2.45, 2.75) is 57.5 Å². The Morgan fingerprint density at radius 2 is 1.80 bits per heavy atom. The van der Waals surface area contributed by atoms with Crippen LogP contribution in [0.1, 0.15) is 37.8 Å². The second-order valence-electron chi connectivity index (χ2n) is 9.30. The molecule has 3 heterocycles. The van der Waals surface area contributed by atoms with E-state index >= 15 is 0 Å². The molecule has 5 rings (SSSR count). The van der Waals surface area contributed by atoms with Gasteiger partial charge in [-0.15, -0.1) is 10.2 Å². The van der Waals surface area contributed by atoms with Gasteiger partial charge in [0.25, 0.3) is 0 Å². The number of carbonyl (C=O) groups is 1. The summed E-state index contributed by atoms with van der Waals surface area (Å²) < 4.78 is 7.97. The predicted octanol–water partition coefficient (Wildman–Crippen LogP) is 4.84. The molecule has 1 aliphatic rings. The van der Waals surface area contributed by atoms with Crippen molar-refractivity contribution in [2.24, 2.45) is 0 Å². The van der Waals surface area contributed by atoms with Gasteiger partial charge in [0.05, 0.1) is 17.7 Å². The molecule has 0 bridgehead atoms. The van der Waals surface area contributed by atoms with Gasteiger partial charge in [-0.1, -0.05) is 54.2 Å². The minimum absolute atomic E-state index is 0.0923. The number of ether oxygens (including phenoxy) is 1. The minimum Gasteiger partial charge on any atom is -0.372 e. The van der Waals surface area contributed by atoms with Crippen LogP contribution in [0, 0.1) is 6.92 Å². The van der Waals surface area contributed by atoms with E-state index in [9.17, 15) is 4.79 Å². The van der Waals surface area contributed by atoms with Crippen LogP contribution in [0.25, 0.3) is 22.1 Å². The number of aromatic nitrogens is 4. The van der Waals surface area contributed by atoms with Gasteiger partial charge in [0.15, 0.2) is 5.65 Å². The average molecular weight is 490 g/mol. The second-order valence-corrected chi connectivity index (χ2v) is 10.4. The molecule has 0 aliphatic carbocycles. The third-order valence-electron chi connectivity index (χ3n) is 6.48. The number of carbonyl (C=O) groups excluding carboxylic acids is 1. The van der Waals surface area contributed by atoms with Crippen LogP contribution in [-0.4, -0.2) is 61.6 Å². The van der Waals surface area contributed by atoms with E-state index in [2.05, 4.69) is 58.1 Å². The first-order valence-electron chi connectivity index (χ1n) is 12.2. The molecule has 2 unspecified atom stereocenters. The summed E-state index contributed by atoms with van der Waals surface area (Å²) in [4.78, 5) is 19.5. The molecule has 1 amide bonds. The smallest absolute Gasteiger partial charge is 0.222 e. The van der Waals surface area contributed by atoms with Crippen LogP contribution >= 0.6 is 11.8 Å². The number of rotatable bonds is 7. The molecule has 1 saturated heterocycles. The number of hydrogen-bond donors (Lipinski definition) is 0. The summed E-state index contributed by atoms with van der Waals surface area (Å²) in [5, 5.41) is 10.7. The molecular weight excluding hydrogens is 458 g/mol. The quantitative estimate of drug-likeness (QED) is 0.273. The zero-order valence-electron chi connectivity index (χ0n) is 20.5. The van der Waals surface area contributed by atoms with Crippen LogP contribution in [0.2, 0.25) is 0 Å². The van der Waals surface area contributed by atoms with Crippen molar-refractivity contribution < 1.29 is 9.53 Å². The van der Waals surface area contributed by atoms with Crippen LogP contribution in [0.3, 0.4) is 0 Å². The maximum Gasteiger partial charge on any atom is 0.222 e. The first kappa shape index (κ1) is 23.8. The van der Waals surface area contributed by atoms with E-state index in [1.807, 2.05) is 30.9 Å². The van der Waals surface area contributed by atoms with Gasteiger partial charge in [-0.3, -0.25) is 4.79 Å². The predicted molar refractivity (Wildman–Crippen MR) is 140 cm³/mol. The Balaban J connectivity index is 1.30. The summed E-state index contributed by atoms with van der Waals surface area (Å²) in [6, 6.07) is 16.7. The maximum absolute atomic E-state index is 12.6. The fourth-order valence-corrected chi connectivity index (χ4v) is 5.52. The lowest BCUT2D eigenvalue weighted by molar-refractivity contribution is -0.143. The standard InChI is InChI=1S/C27H31N5O2S/c1-18-9-4-5-10-21(18)17-32-23-12-7-6-11-22(23)25-26(32)28-27(30-29-25)35-14-8-13-24(33)31-15-19(2)34-20(3)16-31/h4-7,9-12,19-20H,8,13-17H2,1-3H3. The number of benzene rings is 2. The van der Waals surface area contributed by atoms with Crippen molar-refractivity contribution in [3.8, 4) is 0 Å². The first-order chi connectivity index (χ1) is 17.0. The molecule has 2 atom stereocenters. The molecule has 2 aromatic carbocycles. The molecule has 35 heavy (non-hydrogen) atoms. The van der Waals surface area contributed by atoms with Gasteiger partial charge in [0, 0.05) is 37.2 Å². The molecule has 8 heteroatoms. The van der Waals surface area contributed by atoms with E-state index in [0.717, 1.165) is 40.8 Å². The summed E-state index contributed by atoms with van der Waals surface area (Å²) >= 11 is 1.56. The number of aryl methyl sites for hydroxylation is 1. The summed E-state index contributed by atoms with van der Waals surface area (Å²) in [7, 11) is 0.